The summed E-state index contributed by atoms with van der Waals surface area (Å²) in [5.74, 6) is 0.977. The fourth-order valence-electron chi connectivity index (χ4n) is 4.25. The Hall–Kier alpha value is -3.79. The van der Waals surface area contributed by atoms with Gasteiger partial charge in [0.25, 0.3) is 0 Å². The molecule has 190 valence electrons. The number of piperazine rings is 1. The van der Waals surface area contributed by atoms with Crippen LogP contribution in [0.1, 0.15) is 5.56 Å². The first-order chi connectivity index (χ1) is 18.1. The summed E-state index contributed by atoms with van der Waals surface area (Å²) in [5, 5.41) is 11.5. The fourth-order valence-corrected chi connectivity index (χ4v) is 5.03. The summed E-state index contributed by atoms with van der Waals surface area (Å²) < 4.78 is 0.963. The zero-order chi connectivity index (χ0) is 25.6. The number of carbonyl (C=O) groups is 1. The van der Waals surface area contributed by atoms with Gasteiger partial charge >= 0.3 is 0 Å². The Morgan fingerprint density at radius 3 is 2.57 bits per heavy atom. The largest absolute Gasteiger partial charge is 0.339 e. The molecule has 0 bridgehead atoms. The van der Waals surface area contributed by atoms with Crippen molar-refractivity contribution in [1.82, 2.24) is 19.8 Å². The van der Waals surface area contributed by atoms with Crippen LogP contribution in [0.25, 0.3) is 10.2 Å². The van der Waals surface area contributed by atoms with Gasteiger partial charge in [0, 0.05) is 49.8 Å². The third-order valence-electron chi connectivity index (χ3n) is 6.40. The van der Waals surface area contributed by atoms with Gasteiger partial charge in [-0.3, -0.25) is 4.79 Å². The number of thiophene rings is 1. The van der Waals surface area contributed by atoms with Crippen LogP contribution in [0.5, 0.6) is 0 Å². The van der Waals surface area contributed by atoms with Gasteiger partial charge < -0.3 is 25.8 Å². The summed E-state index contributed by atoms with van der Waals surface area (Å²) in [7, 11) is 2.19. The molecule has 4 aromatic rings. The lowest BCUT2D eigenvalue weighted by atomic mass is 10.1. The van der Waals surface area contributed by atoms with E-state index < -0.39 is 0 Å². The average Bonchev–Trinajstić information content (AvgIpc) is 3.38. The lowest BCUT2D eigenvalue weighted by Gasteiger charge is -2.32. The van der Waals surface area contributed by atoms with E-state index in [0.717, 1.165) is 60.7 Å². The first-order valence-corrected chi connectivity index (χ1v) is 13.3. The minimum atomic E-state index is -0.253. The number of likely N-dealkylation sites (N-methyl/N-ethyl adjacent to an activating group) is 1. The monoisotopic (exact) mass is 513 g/mol. The number of hydrogen-bond donors (Lipinski definition) is 3. The van der Waals surface area contributed by atoms with Crippen molar-refractivity contribution in [3.63, 3.8) is 0 Å². The number of fused-ring (bicyclic) bond motifs is 1. The Bertz CT molecular complexity index is 1380. The molecule has 0 atom stereocenters. The summed E-state index contributed by atoms with van der Waals surface area (Å²) >= 11 is 1.58. The second kappa shape index (κ2) is 11.5. The topological polar surface area (TPSA) is 85.4 Å². The van der Waals surface area contributed by atoms with Gasteiger partial charge in [0.15, 0.2) is 5.82 Å². The van der Waals surface area contributed by atoms with Crippen LogP contribution in [0.4, 0.5) is 28.8 Å². The van der Waals surface area contributed by atoms with E-state index in [1.807, 2.05) is 35.7 Å². The number of anilines is 5. The van der Waals surface area contributed by atoms with Gasteiger partial charge in [0.1, 0.15) is 0 Å². The maximum Gasteiger partial charge on any atom is 0.247 e. The Labute approximate surface area is 221 Å². The fraction of sp³-hybridized carbons (Fsp3) is 0.250. The van der Waals surface area contributed by atoms with Crippen LogP contribution in [0, 0.1) is 0 Å². The Morgan fingerprint density at radius 1 is 1.00 bits per heavy atom. The Morgan fingerprint density at radius 2 is 1.78 bits per heavy atom. The quantitative estimate of drug-likeness (QED) is 0.269. The zero-order valence-electron chi connectivity index (χ0n) is 20.9. The molecule has 0 unspecified atom stereocenters. The zero-order valence-corrected chi connectivity index (χ0v) is 21.7. The van der Waals surface area contributed by atoms with Gasteiger partial charge in [0.2, 0.25) is 11.9 Å². The number of nitrogens with zero attached hydrogens (tertiary/aromatic N) is 4. The van der Waals surface area contributed by atoms with E-state index in [9.17, 15) is 4.79 Å². The summed E-state index contributed by atoms with van der Waals surface area (Å²) in [4.78, 5) is 26.0. The van der Waals surface area contributed by atoms with Crippen LogP contribution < -0.4 is 16.0 Å². The lowest BCUT2D eigenvalue weighted by Crippen LogP contribution is -2.45. The van der Waals surface area contributed by atoms with Crippen LogP contribution in [-0.2, 0) is 11.2 Å². The molecule has 1 saturated heterocycles. The summed E-state index contributed by atoms with van der Waals surface area (Å²) in [6, 6.07) is 18.0. The number of amides is 1. The highest BCUT2D eigenvalue weighted by Gasteiger charge is 2.14. The molecule has 1 aliphatic rings. The molecule has 5 rings (SSSR count). The van der Waals surface area contributed by atoms with Gasteiger partial charge in [-0.2, -0.15) is 4.98 Å². The molecule has 2 aromatic carbocycles. The van der Waals surface area contributed by atoms with Crippen molar-refractivity contribution in [2.75, 3.05) is 55.7 Å². The predicted molar refractivity (Wildman–Crippen MR) is 153 cm³/mol. The highest BCUT2D eigenvalue weighted by Crippen LogP contribution is 2.31. The number of nitrogens with one attached hydrogen (secondary N) is 3. The van der Waals surface area contributed by atoms with Crippen molar-refractivity contribution in [3.05, 3.63) is 78.2 Å². The molecule has 1 aliphatic heterocycles. The van der Waals surface area contributed by atoms with E-state index >= 15 is 0 Å². The van der Waals surface area contributed by atoms with Crippen LogP contribution in [0.2, 0.25) is 0 Å². The van der Waals surface area contributed by atoms with Gasteiger partial charge in [-0.1, -0.05) is 24.8 Å². The van der Waals surface area contributed by atoms with Gasteiger partial charge in [-0.15, -0.1) is 11.3 Å². The predicted octanol–water partition coefficient (Wildman–Crippen LogP) is 5.09. The van der Waals surface area contributed by atoms with E-state index in [0.29, 0.717) is 17.5 Å². The average molecular weight is 514 g/mol. The molecule has 0 spiro atoms. The highest BCUT2D eigenvalue weighted by atomic mass is 32.1. The number of aromatic nitrogens is 2. The number of carbonyl (C=O) groups excluding carboxylic acids is 1. The third-order valence-corrected chi connectivity index (χ3v) is 7.31. The van der Waals surface area contributed by atoms with Crippen molar-refractivity contribution in [3.8, 4) is 0 Å². The number of rotatable bonds is 9. The first kappa shape index (κ1) is 24.9. The molecule has 2 aromatic heterocycles. The lowest BCUT2D eigenvalue weighted by molar-refractivity contribution is -0.111. The molecular formula is C28H31N7OS. The molecule has 37 heavy (non-hydrogen) atoms. The minimum absolute atomic E-state index is 0.253. The normalized spacial score (nSPS) is 14.4. The molecule has 1 amide bonds. The first-order valence-electron chi connectivity index (χ1n) is 12.4. The maximum absolute atomic E-state index is 11.7. The van der Waals surface area contributed by atoms with Crippen molar-refractivity contribution < 1.29 is 4.79 Å². The second-order valence-corrected chi connectivity index (χ2v) is 10.1. The Kier molecular flexibility index (Phi) is 7.74. The van der Waals surface area contributed by atoms with Crippen molar-refractivity contribution >= 4 is 56.3 Å². The number of benzene rings is 2. The van der Waals surface area contributed by atoms with Gasteiger partial charge in [-0.25, -0.2) is 4.98 Å². The smallest absolute Gasteiger partial charge is 0.247 e. The molecule has 3 heterocycles. The molecule has 3 N–H and O–H groups in total. The van der Waals surface area contributed by atoms with Crippen LogP contribution in [0.15, 0.2) is 72.6 Å². The van der Waals surface area contributed by atoms with Gasteiger partial charge in [-0.05, 0) is 66.9 Å². The number of hydrogen-bond acceptors (Lipinski definition) is 8. The summed E-state index contributed by atoms with van der Waals surface area (Å²) in [5.41, 5.74) is 4.62. The van der Waals surface area contributed by atoms with Crippen molar-refractivity contribution in [1.29, 1.82) is 0 Å². The van der Waals surface area contributed by atoms with Crippen molar-refractivity contribution in [2.24, 2.45) is 0 Å². The Balaban J connectivity index is 1.27. The molecular weight excluding hydrogens is 482 g/mol. The van der Waals surface area contributed by atoms with Crippen molar-refractivity contribution in [2.45, 2.75) is 6.42 Å². The van der Waals surface area contributed by atoms with E-state index in [2.05, 4.69) is 63.6 Å². The molecule has 0 radical (unpaired) electrons. The molecule has 9 heteroatoms. The second-order valence-electron chi connectivity index (χ2n) is 9.15. The standard InChI is InChI=1S/C28H31N7OS/c1-3-25(36)29-22-5-4-6-23(19-22)30-27-26-24(12-18-37-26)32-28(33-27)31-21-9-7-20(8-10-21)11-13-35-16-14-34(2)15-17-35/h3-10,12,18-19H,1,11,13-17H2,2H3,(H,29,36)(H2,30,31,32,33). The molecule has 0 saturated carbocycles. The van der Waals surface area contributed by atoms with Crippen LogP contribution >= 0.6 is 11.3 Å². The van der Waals surface area contributed by atoms with E-state index in [4.69, 9.17) is 9.97 Å². The SMILES string of the molecule is C=CC(=O)Nc1cccc(Nc2nc(Nc3ccc(CCN4CCN(C)CC4)cc3)nc3ccsc23)c1. The van der Waals surface area contributed by atoms with E-state index in [-0.39, 0.29) is 5.91 Å². The highest BCUT2D eigenvalue weighted by molar-refractivity contribution is 7.17. The minimum Gasteiger partial charge on any atom is -0.339 e. The van der Waals surface area contributed by atoms with Crippen LogP contribution in [-0.4, -0.2) is 65.4 Å². The summed E-state index contributed by atoms with van der Waals surface area (Å²) in [6.07, 6.45) is 2.29. The third kappa shape index (κ3) is 6.51. The summed E-state index contributed by atoms with van der Waals surface area (Å²) in [6.45, 7) is 9.16. The molecule has 0 aliphatic carbocycles. The molecule has 1 fully saturated rings. The van der Waals surface area contributed by atoms with Gasteiger partial charge in [0.05, 0.1) is 10.2 Å². The van der Waals surface area contributed by atoms with E-state index in [1.54, 1.807) is 11.3 Å². The van der Waals surface area contributed by atoms with Crippen LogP contribution in [0.3, 0.4) is 0 Å². The maximum atomic E-state index is 11.7. The van der Waals surface area contributed by atoms with E-state index in [1.165, 1.54) is 11.6 Å². The molecule has 8 nitrogen and oxygen atoms in total.